The largest absolute Gasteiger partial charge is 0.495 e. The third kappa shape index (κ3) is 7.16. The lowest BCUT2D eigenvalue weighted by atomic mass is 10.2. The van der Waals surface area contributed by atoms with Crippen LogP contribution in [0.4, 0.5) is 11.4 Å². The van der Waals surface area contributed by atoms with Crippen LogP contribution in [0.15, 0.2) is 41.3 Å². The van der Waals surface area contributed by atoms with Gasteiger partial charge in [0.25, 0.3) is 0 Å². The number of hydrogen-bond donors (Lipinski definition) is 2. The van der Waals surface area contributed by atoms with E-state index in [9.17, 15) is 18.0 Å². The van der Waals surface area contributed by atoms with Gasteiger partial charge in [-0.25, -0.2) is 12.7 Å². The van der Waals surface area contributed by atoms with Gasteiger partial charge in [-0.2, -0.15) is 0 Å². The average molecular weight is 497 g/mol. The van der Waals surface area contributed by atoms with E-state index in [1.54, 1.807) is 23.1 Å². The van der Waals surface area contributed by atoms with E-state index >= 15 is 0 Å². The Balaban J connectivity index is 2.06. The zero-order valence-electron chi connectivity index (χ0n) is 19.3. The molecule has 0 heterocycles. The van der Waals surface area contributed by atoms with Crippen molar-refractivity contribution in [1.82, 2.24) is 9.21 Å². The van der Waals surface area contributed by atoms with Gasteiger partial charge in [-0.05, 0) is 49.4 Å². The van der Waals surface area contributed by atoms with Gasteiger partial charge in [-0.15, -0.1) is 0 Å². The summed E-state index contributed by atoms with van der Waals surface area (Å²) in [6, 6.07) is 9.59. The lowest BCUT2D eigenvalue weighted by Gasteiger charge is -2.20. The predicted molar refractivity (Wildman–Crippen MR) is 129 cm³/mol. The lowest BCUT2D eigenvalue weighted by molar-refractivity contribution is -0.119. The highest BCUT2D eigenvalue weighted by Crippen LogP contribution is 2.28. The van der Waals surface area contributed by atoms with Crippen molar-refractivity contribution in [2.45, 2.75) is 18.7 Å². The second-order valence-corrected chi connectivity index (χ2v) is 10.1. The Hall–Kier alpha value is -2.66. The first-order valence-electron chi connectivity index (χ1n) is 10.2. The summed E-state index contributed by atoms with van der Waals surface area (Å²) in [4.78, 5) is 26.6. The molecule has 0 radical (unpaired) electrons. The van der Waals surface area contributed by atoms with E-state index in [0.717, 1.165) is 9.87 Å². The normalized spacial score (nSPS) is 11.5. The molecular formula is C22H29ClN4O5S. The van der Waals surface area contributed by atoms with Crippen LogP contribution in [0, 0.1) is 6.92 Å². The lowest BCUT2D eigenvalue weighted by Crippen LogP contribution is -2.38. The van der Waals surface area contributed by atoms with Gasteiger partial charge < -0.3 is 15.4 Å². The van der Waals surface area contributed by atoms with Crippen LogP contribution in [0.2, 0.25) is 5.02 Å². The number of nitrogens with zero attached hydrogens (tertiary/aromatic N) is 2. The molecule has 2 rings (SSSR count). The van der Waals surface area contributed by atoms with Gasteiger partial charge in [-0.3, -0.25) is 14.5 Å². The van der Waals surface area contributed by atoms with E-state index in [4.69, 9.17) is 16.3 Å². The monoisotopic (exact) mass is 496 g/mol. The molecule has 33 heavy (non-hydrogen) atoms. The molecule has 0 aromatic heterocycles. The number of sulfonamides is 1. The Labute approximate surface area is 199 Å². The number of anilines is 2. The van der Waals surface area contributed by atoms with Gasteiger partial charge in [0.15, 0.2) is 0 Å². The van der Waals surface area contributed by atoms with Gasteiger partial charge >= 0.3 is 0 Å². The van der Waals surface area contributed by atoms with Crippen LogP contribution in [0.5, 0.6) is 5.75 Å². The van der Waals surface area contributed by atoms with Gasteiger partial charge in [0.2, 0.25) is 21.8 Å². The van der Waals surface area contributed by atoms with Crippen molar-refractivity contribution >= 4 is 44.8 Å². The molecule has 0 spiro atoms. The fourth-order valence-corrected chi connectivity index (χ4v) is 4.20. The number of carbonyl (C=O) groups is 2. The maximum atomic E-state index is 12.6. The number of aryl methyl sites for hydroxylation is 1. The van der Waals surface area contributed by atoms with Crippen molar-refractivity contribution in [1.29, 1.82) is 0 Å². The Kier molecular flexibility index (Phi) is 9.24. The number of ether oxygens (including phenoxy) is 1. The molecule has 0 aliphatic heterocycles. The maximum Gasteiger partial charge on any atom is 0.246 e. The number of likely N-dealkylation sites (N-methyl/N-ethyl adjacent to an activating group) is 1. The Morgan fingerprint density at radius 2 is 1.67 bits per heavy atom. The second kappa shape index (κ2) is 11.5. The van der Waals surface area contributed by atoms with Gasteiger partial charge in [0, 0.05) is 30.5 Å². The number of methoxy groups -OCH3 is 1. The highest BCUT2D eigenvalue weighted by atomic mass is 35.5. The minimum Gasteiger partial charge on any atom is -0.495 e. The number of amides is 2. The molecular weight excluding hydrogens is 468 g/mol. The summed E-state index contributed by atoms with van der Waals surface area (Å²) < 4.78 is 31.3. The van der Waals surface area contributed by atoms with Crippen LogP contribution < -0.4 is 15.4 Å². The van der Waals surface area contributed by atoms with Gasteiger partial charge in [0.1, 0.15) is 10.6 Å². The van der Waals surface area contributed by atoms with E-state index in [2.05, 4.69) is 10.6 Å². The smallest absolute Gasteiger partial charge is 0.246 e. The average Bonchev–Trinajstić information content (AvgIpc) is 2.75. The summed E-state index contributed by atoms with van der Waals surface area (Å²) in [6.45, 7) is 4.09. The van der Waals surface area contributed by atoms with Crippen LogP contribution in [0.3, 0.4) is 0 Å². The molecule has 0 fully saturated rings. The second-order valence-electron chi connectivity index (χ2n) is 7.51. The molecule has 2 N–H and O–H groups in total. The number of hydrogen-bond acceptors (Lipinski definition) is 6. The molecule has 0 saturated heterocycles. The van der Waals surface area contributed by atoms with Gasteiger partial charge in [-0.1, -0.05) is 24.6 Å². The van der Waals surface area contributed by atoms with Crippen molar-refractivity contribution < 1.29 is 22.7 Å². The van der Waals surface area contributed by atoms with Crippen LogP contribution in [0.1, 0.15) is 12.5 Å². The van der Waals surface area contributed by atoms with Crippen LogP contribution >= 0.6 is 11.6 Å². The first-order valence-corrected chi connectivity index (χ1v) is 12.0. The predicted octanol–water partition coefficient (Wildman–Crippen LogP) is 2.81. The molecule has 0 aliphatic carbocycles. The third-order valence-electron chi connectivity index (χ3n) is 4.86. The summed E-state index contributed by atoms with van der Waals surface area (Å²) >= 11 is 5.99. The number of benzene rings is 2. The van der Waals surface area contributed by atoms with Crippen LogP contribution in [-0.4, -0.2) is 70.3 Å². The minimum absolute atomic E-state index is 0.00125. The van der Waals surface area contributed by atoms with Crippen molar-refractivity contribution in [3.63, 3.8) is 0 Å². The Morgan fingerprint density at radius 3 is 2.24 bits per heavy atom. The highest BCUT2D eigenvalue weighted by molar-refractivity contribution is 7.89. The van der Waals surface area contributed by atoms with E-state index in [-0.39, 0.29) is 35.5 Å². The zero-order chi connectivity index (χ0) is 24.8. The van der Waals surface area contributed by atoms with E-state index in [1.807, 2.05) is 19.9 Å². The summed E-state index contributed by atoms with van der Waals surface area (Å²) in [5.74, 6) is -0.495. The number of halogens is 1. The molecule has 0 unspecified atom stereocenters. The topological polar surface area (TPSA) is 108 Å². The first-order chi connectivity index (χ1) is 15.5. The molecule has 2 aromatic carbocycles. The van der Waals surface area contributed by atoms with Crippen molar-refractivity contribution in [2.75, 3.05) is 51.5 Å². The van der Waals surface area contributed by atoms with E-state index in [0.29, 0.717) is 22.9 Å². The van der Waals surface area contributed by atoms with E-state index in [1.165, 1.54) is 33.3 Å². The molecule has 9 nitrogen and oxygen atoms in total. The summed E-state index contributed by atoms with van der Waals surface area (Å²) in [5, 5.41) is 6.00. The van der Waals surface area contributed by atoms with Crippen molar-refractivity contribution in [3.8, 4) is 5.75 Å². The van der Waals surface area contributed by atoms with Crippen molar-refractivity contribution in [3.05, 3.63) is 47.0 Å². The minimum atomic E-state index is -3.77. The SMILES string of the molecule is CCN(CC(=O)Nc1ccc(OC)c(S(=O)(=O)N(C)C)c1)CC(=O)Nc1cc(Cl)ccc1C. The van der Waals surface area contributed by atoms with Crippen molar-refractivity contribution in [2.24, 2.45) is 0 Å². The van der Waals surface area contributed by atoms with E-state index < -0.39 is 10.0 Å². The molecule has 0 aliphatic rings. The summed E-state index contributed by atoms with van der Waals surface area (Å²) in [6.07, 6.45) is 0. The fourth-order valence-electron chi connectivity index (χ4n) is 2.96. The van der Waals surface area contributed by atoms with Crippen LogP contribution in [-0.2, 0) is 19.6 Å². The maximum absolute atomic E-state index is 12.6. The molecule has 0 bridgehead atoms. The molecule has 0 saturated carbocycles. The number of nitrogens with one attached hydrogen (secondary N) is 2. The zero-order valence-corrected chi connectivity index (χ0v) is 20.9. The third-order valence-corrected chi connectivity index (χ3v) is 6.93. The fraction of sp³-hybridized carbons (Fsp3) is 0.364. The van der Waals surface area contributed by atoms with Crippen LogP contribution in [0.25, 0.3) is 0 Å². The summed E-state index contributed by atoms with van der Waals surface area (Å²) in [5.41, 5.74) is 1.79. The molecule has 2 amide bonds. The van der Waals surface area contributed by atoms with Gasteiger partial charge in [0.05, 0.1) is 20.2 Å². The molecule has 11 heteroatoms. The molecule has 180 valence electrons. The quantitative estimate of drug-likeness (QED) is 0.523. The number of carbonyl (C=O) groups excluding carboxylic acids is 2. The number of rotatable bonds is 10. The Bertz CT molecular complexity index is 1120. The Morgan fingerprint density at radius 1 is 1.03 bits per heavy atom. The first kappa shape index (κ1) is 26.6. The molecule has 2 aromatic rings. The molecule has 0 atom stereocenters. The highest BCUT2D eigenvalue weighted by Gasteiger charge is 2.23. The standard InChI is InChI=1S/C22H29ClN4O5S/c1-6-27(14-22(29)25-18-11-16(23)8-7-15(18)2)13-21(28)24-17-9-10-19(32-5)20(12-17)33(30,31)26(3)4/h7-12H,6,13-14H2,1-5H3,(H,24,28)(H,25,29). The summed E-state index contributed by atoms with van der Waals surface area (Å²) in [7, 11) is 0.422.